The molecule has 0 bridgehead atoms. The molecule has 0 radical (unpaired) electrons. The quantitative estimate of drug-likeness (QED) is 0.669. The lowest BCUT2D eigenvalue weighted by atomic mass is 10.1. The summed E-state index contributed by atoms with van der Waals surface area (Å²) >= 11 is 0. The van der Waals surface area contributed by atoms with Gasteiger partial charge < -0.3 is 5.32 Å². The predicted octanol–water partition coefficient (Wildman–Crippen LogP) is 2.42. The Morgan fingerprint density at radius 1 is 1.00 bits per heavy atom. The fraction of sp³-hybridized carbons (Fsp3) is 0. The van der Waals surface area contributed by atoms with Gasteiger partial charge >= 0.3 is 0 Å². The van der Waals surface area contributed by atoms with Crippen LogP contribution in [0.3, 0.4) is 0 Å². The van der Waals surface area contributed by atoms with Gasteiger partial charge in [-0.05, 0) is 18.2 Å². The Morgan fingerprint density at radius 3 is 2.30 bits per heavy atom. The van der Waals surface area contributed by atoms with Gasteiger partial charge in [-0.3, -0.25) is 14.9 Å². The van der Waals surface area contributed by atoms with Gasteiger partial charge in [-0.2, -0.15) is 0 Å². The molecule has 1 aliphatic heterocycles. The summed E-state index contributed by atoms with van der Waals surface area (Å²) in [7, 11) is 0. The van der Waals surface area contributed by atoms with Crippen molar-refractivity contribution in [3.63, 3.8) is 0 Å². The number of nitrogens with zero attached hydrogens (tertiary/aromatic N) is 2. The van der Waals surface area contributed by atoms with E-state index < -0.39 is 4.92 Å². The fourth-order valence-corrected chi connectivity index (χ4v) is 2.00. The van der Waals surface area contributed by atoms with Gasteiger partial charge in [0.15, 0.2) is 0 Å². The second-order valence-electron chi connectivity index (χ2n) is 4.23. The molecule has 20 heavy (non-hydrogen) atoms. The van der Waals surface area contributed by atoms with Crippen LogP contribution in [-0.4, -0.2) is 16.7 Å². The van der Waals surface area contributed by atoms with Crippen molar-refractivity contribution in [3.8, 4) is 0 Å². The second kappa shape index (κ2) is 4.58. The van der Waals surface area contributed by atoms with Crippen LogP contribution in [0.5, 0.6) is 0 Å². The van der Waals surface area contributed by atoms with Crippen LogP contribution < -0.4 is 5.32 Å². The highest BCUT2D eigenvalue weighted by atomic mass is 16.6. The number of rotatable bonds is 2. The molecule has 0 unspecified atom stereocenters. The number of nitro groups is 1. The Bertz CT molecular complexity index is 736. The molecule has 1 heterocycles. The number of hydrogen-bond acceptors (Lipinski definition) is 4. The normalized spacial score (nSPS) is 15.0. The van der Waals surface area contributed by atoms with E-state index in [2.05, 4.69) is 10.3 Å². The Labute approximate surface area is 113 Å². The van der Waals surface area contributed by atoms with Crippen LogP contribution >= 0.6 is 0 Å². The van der Waals surface area contributed by atoms with E-state index in [1.165, 1.54) is 24.3 Å². The SMILES string of the molecule is O=C1NC(=Nc2ccc([N+](=O)[O-])cc2)c2ccccc21. The number of fused-ring (bicyclic) bond motifs is 1. The summed E-state index contributed by atoms with van der Waals surface area (Å²) in [6, 6.07) is 13.0. The van der Waals surface area contributed by atoms with E-state index in [1.54, 1.807) is 18.2 Å². The average Bonchev–Trinajstić information content (AvgIpc) is 2.77. The number of aliphatic imine (C=N–C) groups is 1. The Morgan fingerprint density at radius 2 is 1.65 bits per heavy atom. The molecule has 0 fully saturated rings. The molecule has 2 aromatic carbocycles. The third-order valence-electron chi connectivity index (χ3n) is 2.96. The van der Waals surface area contributed by atoms with E-state index in [4.69, 9.17) is 0 Å². The van der Waals surface area contributed by atoms with Crippen LogP contribution in [0.15, 0.2) is 53.5 Å². The lowest BCUT2D eigenvalue weighted by Crippen LogP contribution is -2.21. The van der Waals surface area contributed by atoms with Gasteiger partial charge in [0, 0.05) is 17.7 Å². The van der Waals surface area contributed by atoms with Crippen LogP contribution in [0.25, 0.3) is 0 Å². The van der Waals surface area contributed by atoms with Crippen molar-refractivity contribution in [3.05, 3.63) is 69.8 Å². The van der Waals surface area contributed by atoms with Crippen LogP contribution in [0, 0.1) is 10.1 Å². The van der Waals surface area contributed by atoms with Crippen molar-refractivity contribution in [2.24, 2.45) is 4.99 Å². The third kappa shape index (κ3) is 2.03. The highest BCUT2D eigenvalue weighted by Gasteiger charge is 2.24. The van der Waals surface area contributed by atoms with Crippen molar-refractivity contribution in [1.29, 1.82) is 0 Å². The molecular weight excluding hydrogens is 258 g/mol. The molecule has 1 N–H and O–H groups in total. The molecule has 0 aliphatic carbocycles. The Kier molecular flexibility index (Phi) is 2.76. The largest absolute Gasteiger partial charge is 0.306 e. The predicted molar refractivity (Wildman–Crippen MR) is 73.2 cm³/mol. The molecule has 1 aliphatic rings. The van der Waals surface area contributed by atoms with Crippen LogP contribution in [-0.2, 0) is 0 Å². The maximum absolute atomic E-state index is 11.7. The van der Waals surface area contributed by atoms with Gasteiger partial charge in [-0.25, -0.2) is 4.99 Å². The molecule has 6 nitrogen and oxygen atoms in total. The molecule has 0 aromatic heterocycles. The van der Waals surface area contributed by atoms with E-state index in [-0.39, 0.29) is 11.6 Å². The van der Waals surface area contributed by atoms with Crippen molar-refractivity contribution in [2.75, 3.05) is 0 Å². The van der Waals surface area contributed by atoms with Gasteiger partial charge in [-0.1, -0.05) is 18.2 Å². The first kappa shape index (κ1) is 12.0. The van der Waals surface area contributed by atoms with Crippen molar-refractivity contribution in [1.82, 2.24) is 5.32 Å². The molecule has 6 heteroatoms. The minimum absolute atomic E-state index is 0.00445. The maximum atomic E-state index is 11.7. The van der Waals surface area contributed by atoms with Crippen molar-refractivity contribution in [2.45, 2.75) is 0 Å². The summed E-state index contributed by atoms with van der Waals surface area (Å²) in [4.78, 5) is 26.1. The molecular formula is C14H9N3O3. The van der Waals surface area contributed by atoms with Gasteiger partial charge in [0.05, 0.1) is 16.2 Å². The number of hydrogen-bond donors (Lipinski definition) is 1. The van der Waals surface area contributed by atoms with Crippen LogP contribution in [0.4, 0.5) is 11.4 Å². The first-order valence-electron chi connectivity index (χ1n) is 5.89. The van der Waals surface area contributed by atoms with E-state index in [0.717, 1.165) is 5.56 Å². The monoisotopic (exact) mass is 267 g/mol. The zero-order valence-corrected chi connectivity index (χ0v) is 10.2. The van der Waals surface area contributed by atoms with Gasteiger partial charge in [-0.15, -0.1) is 0 Å². The number of benzene rings is 2. The van der Waals surface area contributed by atoms with E-state index in [9.17, 15) is 14.9 Å². The summed E-state index contributed by atoms with van der Waals surface area (Å²) in [5, 5.41) is 13.3. The third-order valence-corrected chi connectivity index (χ3v) is 2.96. The molecule has 2 aromatic rings. The molecule has 1 amide bonds. The molecule has 0 atom stereocenters. The molecule has 0 saturated heterocycles. The number of nitrogens with one attached hydrogen (secondary N) is 1. The summed E-state index contributed by atoms with van der Waals surface area (Å²) in [6.07, 6.45) is 0. The molecule has 0 spiro atoms. The zero-order chi connectivity index (χ0) is 14.1. The molecule has 98 valence electrons. The van der Waals surface area contributed by atoms with Gasteiger partial charge in [0.2, 0.25) is 0 Å². The number of amides is 1. The molecule has 3 rings (SSSR count). The highest BCUT2D eigenvalue weighted by Crippen LogP contribution is 2.21. The van der Waals surface area contributed by atoms with E-state index in [0.29, 0.717) is 17.1 Å². The zero-order valence-electron chi connectivity index (χ0n) is 10.2. The Balaban J connectivity index is 1.98. The number of carbonyl (C=O) groups excluding carboxylic acids is 1. The number of amidine groups is 1. The summed E-state index contributed by atoms with van der Waals surface area (Å²) in [5.74, 6) is 0.265. The second-order valence-corrected chi connectivity index (χ2v) is 4.23. The summed E-state index contributed by atoms with van der Waals surface area (Å²) in [6.45, 7) is 0. The number of nitro benzene ring substituents is 1. The standard InChI is InChI=1S/C14H9N3O3/c18-14-12-4-2-1-3-11(12)13(16-14)15-9-5-7-10(8-6-9)17(19)20/h1-8H,(H,15,16,18). The summed E-state index contributed by atoms with van der Waals surface area (Å²) in [5.41, 5.74) is 1.86. The lowest BCUT2D eigenvalue weighted by Gasteiger charge is -1.99. The highest BCUT2D eigenvalue weighted by molar-refractivity contribution is 6.23. The van der Waals surface area contributed by atoms with E-state index >= 15 is 0 Å². The van der Waals surface area contributed by atoms with E-state index in [1.807, 2.05) is 6.07 Å². The maximum Gasteiger partial charge on any atom is 0.269 e. The Hall–Kier alpha value is -3.02. The van der Waals surface area contributed by atoms with Gasteiger partial charge in [0.1, 0.15) is 5.84 Å². The number of carbonyl (C=O) groups is 1. The average molecular weight is 267 g/mol. The smallest absolute Gasteiger partial charge is 0.269 e. The first-order valence-corrected chi connectivity index (χ1v) is 5.89. The molecule has 0 saturated carbocycles. The van der Waals surface area contributed by atoms with Crippen molar-refractivity contribution >= 4 is 23.1 Å². The van der Waals surface area contributed by atoms with Gasteiger partial charge in [0.25, 0.3) is 11.6 Å². The minimum atomic E-state index is -0.469. The topological polar surface area (TPSA) is 84.6 Å². The fourth-order valence-electron chi connectivity index (χ4n) is 2.00. The first-order chi connectivity index (χ1) is 9.65. The number of non-ortho nitro benzene ring substituents is 1. The van der Waals surface area contributed by atoms with Crippen LogP contribution in [0.1, 0.15) is 15.9 Å². The van der Waals surface area contributed by atoms with Crippen molar-refractivity contribution < 1.29 is 9.72 Å². The summed E-state index contributed by atoms with van der Waals surface area (Å²) < 4.78 is 0. The lowest BCUT2D eigenvalue weighted by molar-refractivity contribution is -0.384. The minimum Gasteiger partial charge on any atom is -0.306 e. The van der Waals surface area contributed by atoms with Crippen LogP contribution in [0.2, 0.25) is 0 Å².